The molecule has 2 heteroatoms. The highest BCUT2D eigenvalue weighted by Crippen LogP contribution is 2.59. The first-order valence-electron chi connectivity index (χ1n) is 5.86. The second-order valence-electron chi connectivity index (χ2n) is 4.60. The van der Waals surface area contributed by atoms with Crippen molar-refractivity contribution in [1.82, 2.24) is 0 Å². The van der Waals surface area contributed by atoms with Gasteiger partial charge in [0.25, 0.3) is 0 Å². The average Bonchev–Trinajstić information content (AvgIpc) is 2.66. The van der Waals surface area contributed by atoms with Gasteiger partial charge in [0.1, 0.15) is 0 Å². The molecule has 0 nitrogen and oxygen atoms in total. The van der Waals surface area contributed by atoms with Crippen molar-refractivity contribution in [2.24, 2.45) is 0 Å². The Bertz CT molecular complexity index is 364. The summed E-state index contributed by atoms with van der Waals surface area (Å²) >= 11 is 0. The number of halogens is 1. The smallest absolute Gasteiger partial charge is 0.0110 e. The summed E-state index contributed by atoms with van der Waals surface area (Å²) in [4.78, 5) is 0. The third-order valence-corrected chi connectivity index (χ3v) is 7.24. The number of hydrogen-bond acceptors (Lipinski definition) is 0. The molecule has 1 heterocycles. The van der Waals surface area contributed by atoms with Crippen LogP contribution < -0.4 is 0 Å². The van der Waals surface area contributed by atoms with Crippen LogP contribution in [0.5, 0.6) is 0 Å². The highest BCUT2D eigenvalue weighted by atomic mass is 35.7. The molecule has 16 heavy (non-hydrogen) atoms. The van der Waals surface area contributed by atoms with Crippen LogP contribution in [0.3, 0.4) is 0 Å². The minimum Gasteiger partial charge on any atom is -0.159 e. The fraction of sp³-hybridized carbons (Fsp3) is 0.429. The summed E-state index contributed by atoms with van der Waals surface area (Å²) in [7, 11) is 5.86. The zero-order chi connectivity index (χ0) is 11.4. The topological polar surface area (TPSA) is 0 Å². The van der Waals surface area contributed by atoms with Crippen molar-refractivity contribution in [2.45, 2.75) is 19.8 Å². The lowest BCUT2D eigenvalue weighted by molar-refractivity contribution is 0.949. The van der Waals surface area contributed by atoms with Crippen molar-refractivity contribution in [1.29, 1.82) is 0 Å². The van der Waals surface area contributed by atoms with E-state index in [1.165, 1.54) is 35.5 Å². The maximum absolute atomic E-state index is 6.67. The maximum Gasteiger partial charge on any atom is 0.0110 e. The molecule has 0 N–H and O–H groups in total. The first-order chi connectivity index (χ1) is 7.68. The van der Waals surface area contributed by atoms with Gasteiger partial charge in [0, 0.05) is 5.75 Å². The van der Waals surface area contributed by atoms with E-state index in [2.05, 4.69) is 43.3 Å². The summed E-state index contributed by atoms with van der Waals surface area (Å²) in [5, 5.41) is 0. The van der Waals surface area contributed by atoms with Gasteiger partial charge in [0.15, 0.2) is 0 Å². The van der Waals surface area contributed by atoms with Gasteiger partial charge < -0.3 is 0 Å². The van der Waals surface area contributed by atoms with Gasteiger partial charge in [0.2, 0.25) is 0 Å². The zero-order valence-electron chi connectivity index (χ0n) is 9.79. The molecule has 0 amide bonds. The fourth-order valence-corrected chi connectivity index (χ4v) is 6.26. The standard InChI is InChI=1S/C14H19ClS/c1-13(11-14-7-3-2-4-8-14)12-16(15)9-5-6-10-16/h2-4,7-8,11H,5-6,9-10,12H2,1H3/b13-11+. The first kappa shape index (κ1) is 12.1. The third kappa shape index (κ3) is 3.29. The number of rotatable bonds is 3. The van der Waals surface area contributed by atoms with Crippen LogP contribution in [-0.4, -0.2) is 17.3 Å². The van der Waals surface area contributed by atoms with Gasteiger partial charge in [-0.3, -0.25) is 0 Å². The predicted octanol–water partition coefficient (Wildman–Crippen LogP) is 4.84. The molecule has 0 unspecified atom stereocenters. The normalized spacial score (nSPS) is 22.0. The molecular weight excluding hydrogens is 236 g/mol. The summed E-state index contributed by atoms with van der Waals surface area (Å²) in [6.07, 6.45) is 4.93. The number of hydrogen-bond donors (Lipinski definition) is 0. The molecule has 0 aliphatic carbocycles. The average molecular weight is 255 g/mol. The van der Waals surface area contributed by atoms with Crippen molar-refractivity contribution in [3.8, 4) is 0 Å². The lowest BCUT2D eigenvalue weighted by Crippen LogP contribution is -2.00. The van der Waals surface area contributed by atoms with Crippen molar-refractivity contribution in [2.75, 3.05) is 17.3 Å². The summed E-state index contributed by atoms with van der Waals surface area (Å²) in [6.45, 7) is 2.21. The quantitative estimate of drug-likeness (QED) is 0.724. The molecule has 1 fully saturated rings. The SMILES string of the molecule is C/C(=C\c1ccccc1)CS1(Cl)CCCC1. The molecule has 1 saturated heterocycles. The first-order valence-corrected chi connectivity index (χ1v) is 8.83. The van der Waals surface area contributed by atoms with Crippen LogP contribution in [0.15, 0.2) is 35.9 Å². The lowest BCUT2D eigenvalue weighted by Gasteiger charge is -2.27. The summed E-state index contributed by atoms with van der Waals surface area (Å²) in [6, 6.07) is 10.5. The Morgan fingerprint density at radius 1 is 1.25 bits per heavy atom. The molecule has 1 aromatic rings. The Kier molecular flexibility index (Phi) is 3.99. The maximum atomic E-state index is 6.67. The van der Waals surface area contributed by atoms with Gasteiger partial charge in [-0.2, -0.15) is 9.24 Å². The van der Waals surface area contributed by atoms with E-state index < -0.39 is 9.24 Å². The molecule has 88 valence electrons. The van der Waals surface area contributed by atoms with E-state index >= 15 is 0 Å². The van der Waals surface area contributed by atoms with Crippen LogP contribution in [-0.2, 0) is 0 Å². The van der Waals surface area contributed by atoms with E-state index in [9.17, 15) is 0 Å². The molecule has 0 radical (unpaired) electrons. The molecule has 0 aromatic heterocycles. The molecule has 0 atom stereocenters. The van der Waals surface area contributed by atoms with Crippen LogP contribution in [0.4, 0.5) is 0 Å². The van der Waals surface area contributed by atoms with Gasteiger partial charge in [0.05, 0.1) is 0 Å². The summed E-state index contributed by atoms with van der Waals surface area (Å²) in [5.74, 6) is 3.63. The summed E-state index contributed by atoms with van der Waals surface area (Å²) < 4.78 is 0. The number of benzene rings is 1. The van der Waals surface area contributed by atoms with Crippen LogP contribution in [0, 0.1) is 0 Å². The van der Waals surface area contributed by atoms with Crippen molar-refractivity contribution in [3.05, 3.63) is 41.5 Å². The second kappa shape index (κ2) is 5.29. The highest BCUT2D eigenvalue weighted by molar-refractivity contribution is 8.51. The van der Waals surface area contributed by atoms with Crippen LogP contribution in [0.1, 0.15) is 25.3 Å². The minimum atomic E-state index is -0.819. The van der Waals surface area contributed by atoms with Crippen LogP contribution >= 0.6 is 19.9 Å². The third-order valence-electron chi connectivity index (χ3n) is 2.97. The van der Waals surface area contributed by atoms with E-state index in [0.29, 0.717) is 0 Å². The Labute approximate surface area is 105 Å². The van der Waals surface area contributed by atoms with Crippen molar-refractivity contribution >= 4 is 26.0 Å². The Morgan fingerprint density at radius 3 is 2.50 bits per heavy atom. The molecule has 1 aliphatic heterocycles. The zero-order valence-corrected chi connectivity index (χ0v) is 11.4. The fourth-order valence-electron chi connectivity index (χ4n) is 2.25. The van der Waals surface area contributed by atoms with Crippen LogP contribution in [0.25, 0.3) is 6.08 Å². The molecule has 0 saturated carbocycles. The van der Waals surface area contributed by atoms with E-state index in [0.717, 1.165) is 5.75 Å². The molecule has 0 spiro atoms. The Hall–Kier alpha value is -0.400. The van der Waals surface area contributed by atoms with E-state index in [4.69, 9.17) is 10.7 Å². The minimum absolute atomic E-state index is 0.819. The summed E-state index contributed by atoms with van der Waals surface area (Å²) in [5.41, 5.74) is 2.72. The van der Waals surface area contributed by atoms with Crippen molar-refractivity contribution < 1.29 is 0 Å². The molecule has 1 aromatic carbocycles. The Morgan fingerprint density at radius 2 is 1.88 bits per heavy atom. The molecule has 0 bridgehead atoms. The second-order valence-corrected chi connectivity index (χ2v) is 9.55. The highest BCUT2D eigenvalue weighted by Gasteiger charge is 2.25. The largest absolute Gasteiger partial charge is 0.159 e. The van der Waals surface area contributed by atoms with E-state index in [1.54, 1.807) is 0 Å². The van der Waals surface area contributed by atoms with Gasteiger partial charge in [-0.15, -0.1) is 0 Å². The molecule has 1 aliphatic rings. The van der Waals surface area contributed by atoms with E-state index in [-0.39, 0.29) is 0 Å². The van der Waals surface area contributed by atoms with Gasteiger partial charge in [-0.05, 0) is 36.8 Å². The predicted molar refractivity (Wildman–Crippen MR) is 77.4 cm³/mol. The van der Waals surface area contributed by atoms with Gasteiger partial charge >= 0.3 is 0 Å². The van der Waals surface area contributed by atoms with Gasteiger partial charge in [-0.25, -0.2) is 0 Å². The van der Waals surface area contributed by atoms with E-state index in [1.807, 2.05) is 0 Å². The van der Waals surface area contributed by atoms with Crippen LogP contribution in [0.2, 0.25) is 0 Å². The Balaban J connectivity index is 2.02. The monoisotopic (exact) mass is 254 g/mol. The van der Waals surface area contributed by atoms with Crippen molar-refractivity contribution in [3.63, 3.8) is 0 Å². The van der Waals surface area contributed by atoms with Gasteiger partial charge in [-0.1, -0.05) is 52.7 Å². The molecule has 2 rings (SSSR count). The lowest BCUT2D eigenvalue weighted by atomic mass is 10.1. The molecular formula is C14H19ClS.